The molecule has 1 aliphatic rings. The number of nitrogens with zero attached hydrogens (tertiary/aromatic N) is 2. The van der Waals surface area contributed by atoms with E-state index in [2.05, 4.69) is 25.7 Å². The molecule has 1 aromatic carbocycles. The fraction of sp³-hybridized carbons (Fsp3) is 0.600. The summed E-state index contributed by atoms with van der Waals surface area (Å²) >= 11 is 1.85. The minimum Gasteiger partial charge on any atom is -0.298 e. The van der Waals surface area contributed by atoms with E-state index in [9.17, 15) is 10.1 Å². The largest absolute Gasteiger partial charge is 0.298 e. The quantitative estimate of drug-likeness (QED) is 0.625. The Morgan fingerprint density at radius 2 is 1.75 bits per heavy atom. The highest BCUT2D eigenvalue weighted by atomic mass is 32.2. The van der Waals surface area contributed by atoms with Crippen LogP contribution in [0.5, 0.6) is 0 Å². The van der Waals surface area contributed by atoms with Crippen molar-refractivity contribution in [1.82, 2.24) is 4.90 Å². The van der Waals surface area contributed by atoms with Crippen molar-refractivity contribution in [3.05, 3.63) is 34.4 Å². The topological polar surface area (TPSA) is 46.4 Å². The molecule has 0 N–H and O–H groups in total. The van der Waals surface area contributed by atoms with E-state index in [0.717, 1.165) is 18.0 Å². The first-order valence-electron chi connectivity index (χ1n) is 7.02. The van der Waals surface area contributed by atoms with E-state index in [1.807, 2.05) is 23.9 Å². The third-order valence-corrected chi connectivity index (χ3v) is 5.09. The monoisotopic (exact) mass is 294 g/mol. The SMILES string of the molecule is CC(C)(C)N1CCC(Sc2ccc([N+](=O)[O-])cc2)CC1. The first-order valence-corrected chi connectivity index (χ1v) is 7.90. The summed E-state index contributed by atoms with van der Waals surface area (Å²) in [5.41, 5.74) is 0.417. The standard InChI is InChI=1S/C15H22N2O2S/c1-15(2,3)16-10-8-14(9-11-16)20-13-6-4-12(5-7-13)17(18)19/h4-7,14H,8-11H2,1-3H3. The lowest BCUT2D eigenvalue weighted by atomic mass is 10.0. The number of piperidine rings is 1. The average Bonchev–Trinajstić information content (AvgIpc) is 2.39. The maximum absolute atomic E-state index is 10.6. The van der Waals surface area contributed by atoms with Gasteiger partial charge in [-0.25, -0.2) is 0 Å². The van der Waals surface area contributed by atoms with Gasteiger partial charge in [-0.1, -0.05) is 0 Å². The van der Waals surface area contributed by atoms with Crippen molar-refractivity contribution in [3.8, 4) is 0 Å². The van der Waals surface area contributed by atoms with Gasteiger partial charge >= 0.3 is 0 Å². The molecule has 0 amide bonds. The summed E-state index contributed by atoms with van der Waals surface area (Å²) in [5.74, 6) is 0. The van der Waals surface area contributed by atoms with Crippen molar-refractivity contribution < 1.29 is 4.92 Å². The summed E-state index contributed by atoms with van der Waals surface area (Å²) in [7, 11) is 0. The molecule has 0 atom stereocenters. The second-order valence-corrected chi connectivity index (χ2v) is 7.60. The number of benzene rings is 1. The zero-order valence-corrected chi connectivity index (χ0v) is 13.2. The van der Waals surface area contributed by atoms with E-state index in [1.165, 1.54) is 12.8 Å². The first-order chi connectivity index (χ1) is 9.36. The van der Waals surface area contributed by atoms with E-state index in [-0.39, 0.29) is 16.1 Å². The number of thioether (sulfide) groups is 1. The van der Waals surface area contributed by atoms with Gasteiger partial charge in [-0.15, -0.1) is 11.8 Å². The van der Waals surface area contributed by atoms with Crippen LogP contribution in [0.25, 0.3) is 0 Å². The van der Waals surface area contributed by atoms with Gasteiger partial charge in [0.1, 0.15) is 0 Å². The predicted molar refractivity (Wildman–Crippen MR) is 83.3 cm³/mol. The molecule has 0 radical (unpaired) electrons. The lowest BCUT2D eigenvalue weighted by Gasteiger charge is -2.40. The summed E-state index contributed by atoms with van der Waals surface area (Å²) in [6, 6.07) is 6.90. The third-order valence-electron chi connectivity index (χ3n) is 3.74. The molecule has 0 bridgehead atoms. The Morgan fingerprint density at radius 3 is 2.20 bits per heavy atom. The molecule has 2 rings (SSSR count). The van der Waals surface area contributed by atoms with Crippen molar-refractivity contribution in [3.63, 3.8) is 0 Å². The highest BCUT2D eigenvalue weighted by Crippen LogP contribution is 2.32. The van der Waals surface area contributed by atoms with Gasteiger partial charge in [-0.3, -0.25) is 15.0 Å². The molecule has 0 spiro atoms. The van der Waals surface area contributed by atoms with Crippen molar-refractivity contribution in [2.75, 3.05) is 13.1 Å². The number of non-ortho nitro benzene ring substituents is 1. The molecule has 0 saturated carbocycles. The normalized spacial score (nSPS) is 18.1. The lowest BCUT2D eigenvalue weighted by Crippen LogP contribution is -2.46. The molecular weight excluding hydrogens is 272 g/mol. The summed E-state index contributed by atoms with van der Waals surface area (Å²) in [4.78, 5) is 13.9. The van der Waals surface area contributed by atoms with Gasteiger partial charge in [-0.05, 0) is 58.8 Å². The van der Waals surface area contributed by atoms with Crippen molar-refractivity contribution in [2.24, 2.45) is 0 Å². The maximum Gasteiger partial charge on any atom is 0.269 e. The van der Waals surface area contributed by atoms with Crippen LogP contribution in [0.2, 0.25) is 0 Å². The van der Waals surface area contributed by atoms with Crippen LogP contribution in [-0.2, 0) is 0 Å². The summed E-state index contributed by atoms with van der Waals surface area (Å²) in [5, 5.41) is 11.2. The zero-order chi connectivity index (χ0) is 14.8. The summed E-state index contributed by atoms with van der Waals surface area (Å²) in [6.07, 6.45) is 2.36. The molecule has 1 saturated heterocycles. The van der Waals surface area contributed by atoms with Crippen molar-refractivity contribution in [1.29, 1.82) is 0 Å². The molecule has 1 aliphatic heterocycles. The number of hydrogen-bond donors (Lipinski definition) is 0. The second kappa shape index (κ2) is 6.14. The van der Waals surface area contributed by atoms with Crippen LogP contribution in [0.15, 0.2) is 29.2 Å². The molecule has 0 aromatic heterocycles. The van der Waals surface area contributed by atoms with Gasteiger partial charge in [0.05, 0.1) is 4.92 Å². The van der Waals surface area contributed by atoms with Gasteiger partial charge in [0.25, 0.3) is 5.69 Å². The minimum atomic E-state index is -0.351. The van der Waals surface area contributed by atoms with Gasteiger partial charge in [-0.2, -0.15) is 0 Å². The van der Waals surface area contributed by atoms with Gasteiger partial charge in [0.15, 0.2) is 0 Å². The van der Waals surface area contributed by atoms with Crippen LogP contribution in [0.1, 0.15) is 33.6 Å². The van der Waals surface area contributed by atoms with E-state index in [4.69, 9.17) is 0 Å². The molecule has 5 heteroatoms. The predicted octanol–water partition coefficient (Wildman–Crippen LogP) is 3.95. The number of likely N-dealkylation sites (tertiary alicyclic amines) is 1. The maximum atomic E-state index is 10.6. The smallest absolute Gasteiger partial charge is 0.269 e. The highest BCUT2D eigenvalue weighted by Gasteiger charge is 2.27. The Balaban J connectivity index is 1.88. The minimum absolute atomic E-state index is 0.164. The van der Waals surface area contributed by atoms with Gasteiger partial charge < -0.3 is 0 Å². The molecule has 1 fully saturated rings. The van der Waals surface area contributed by atoms with Gasteiger partial charge in [0.2, 0.25) is 0 Å². The van der Waals surface area contributed by atoms with E-state index >= 15 is 0 Å². The van der Waals surface area contributed by atoms with Crippen molar-refractivity contribution >= 4 is 17.4 Å². The van der Waals surface area contributed by atoms with Crippen LogP contribution in [0.3, 0.4) is 0 Å². The summed E-state index contributed by atoms with van der Waals surface area (Å²) < 4.78 is 0. The van der Waals surface area contributed by atoms with Crippen LogP contribution < -0.4 is 0 Å². The molecule has 0 unspecified atom stereocenters. The highest BCUT2D eigenvalue weighted by molar-refractivity contribution is 8.00. The molecular formula is C15H22N2O2S. The zero-order valence-electron chi connectivity index (χ0n) is 12.3. The summed E-state index contributed by atoms with van der Waals surface area (Å²) in [6.45, 7) is 9.05. The van der Waals surface area contributed by atoms with Crippen LogP contribution in [0.4, 0.5) is 5.69 Å². The first kappa shape index (κ1) is 15.3. The second-order valence-electron chi connectivity index (χ2n) is 6.23. The molecule has 110 valence electrons. The average molecular weight is 294 g/mol. The van der Waals surface area contributed by atoms with E-state index in [0.29, 0.717) is 5.25 Å². The Morgan fingerprint density at radius 1 is 1.20 bits per heavy atom. The van der Waals surface area contributed by atoms with Gasteiger partial charge in [0, 0.05) is 27.8 Å². The molecule has 0 aliphatic carbocycles. The van der Waals surface area contributed by atoms with E-state index < -0.39 is 0 Å². The third kappa shape index (κ3) is 3.96. The Kier molecular flexibility index (Phi) is 4.70. The number of rotatable bonds is 3. The van der Waals surface area contributed by atoms with Crippen LogP contribution in [0, 0.1) is 10.1 Å². The fourth-order valence-electron chi connectivity index (χ4n) is 2.48. The fourth-order valence-corrected chi connectivity index (χ4v) is 3.61. The number of nitro benzene ring substituents is 1. The number of hydrogen-bond acceptors (Lipinski definition) is 4. The molecule has 1 heterocycles. The van der Waals surface area contributed by atoms with Crippen molar-refractivity contribution in [2.45, 2.75) is 49.3 Å². The van der Waals surface area contributed by atoms with Crippen LogP contribution in [-0.4, -0.2) is 33.7 Å². The lowest BCUT2D eigenvalue weighted by molar-refractivity contribution is -0.384. The molecule has 1 aromatic rings. The van der Waals surface area contributed by atoms with Crippen LogP contribution >= 0.6 is 11.8 Å². The van der Waals surface area contributed by atoms with E-state index in [1.54, 1.807) is 12.1 Å². The molecule has 20 heavy (non-hydrogen) atoms. The Hall–Kier alpha value is -1.07. The number of nitro groups is 1. The Labute approximate surface area is 124 Å². The molecule has 4 nitrogen and oxygen atoms in total. The Bertz CT molecular complexity index is 460.